The lowest BCUT2D eigenvalue weighted by molar-refractivity contribution is -0.119. The van der Waals surface area contributed by atoms with E-state index in [1.54, 1.807) is 30.3 Å². The highest BCUT2D eigenvalue weighted by atomic mass is 32.1. The van der Waals surface area contributed by atoms with Crippen LogP contribution in [-0.4, -0.2) is 31.4 Å². The summed E-state index contributed by atoms with van der Waals surface area (Å²) < 4.78 is 5.05. The van der Waals surface area contributed by atoms with E-state index >= 15 is 0 Å². The van der Waals surface area contributed by atoms with Crippen LogP contribution in [0.1, 0.15) is 37.4 Å². The number of thiophene rings is 1. The molecule has 0 spiro atoms. The predicted molar refractivity (Wildman–Crippen MR) is 97.2 cm³/mol. The smallest absolute Gasteiger partial charge is 0.348 e. The van der Waals surface area contributed by atoms with Crippen LogP contribution < -0.4 is 10.6 Å². The molecule has 132 valence electrons. The number of carbonyl (C=O) groups excluding carboxylic acids is 3. The van der Waals surface area contributed by atoms with Gasteiger partial charge < -0.3 is 15.4 Å². The van der Waals surface area contributed by atoms with E-state index in [0.29, 0.717) is 16.1 Å². The zero-order valence-corrected chi connectivity index (χ0v) is 15.2. The van der Waals surface area contributed by atoms with Crippen LogP contribution in [0, 0.1) is 6.92 Å². The van der Waals surface area contributed by atoms with Crippen LogP contribution in [0.15, 0.2) is 30.3 Å². The molecular weight excluding hydrogens is 340 g/mol. The number of amides is 2. The summed E-state index contributed by atoms with van der Waals surface area (Å²) in [5.74, 6) is -1.23. The molecule has 2 rings (SSSR count). The minimum atomic E-state index is -0.512. The molecule has 0 bridgehead atoms. The lowest BCUT2D eigenvalue weighted by Crippen LogP contribution is -2.21. The van der Waals surface area contributed by atoms with E-state index in [0.717, 1.165) is 16.9 Å². The van der Waals surface area contributed by atoms with Crippen molar-refractivity contribution in [1.82, 2.24) is 5.32 Å². The molecule has 7 heteroatoms. The van der Waals surface area contributed by atoms with Gasteiger partial charge in [-0.25, -0.2) is 4.79 Å². The zero-order valence-electron chi connectivity index (χ0n) is 14.3. The third-order valence-electron chi connectivity index (χ3n) is 3.57. The van der Waals surface area contributed by atoms with Crippen LogP contribution in [0.4, 0.5) is 5.69 Å². The summed E-state index contributed by atoms with van der Waals surface area (Å²) in [7, 11) is 1.53. The van der Waals surface area contributed by atoms with Gasteiger partial charge in [0.1, 0.15) is 4.88 Å². The van der Waals surface area contributed by atoms with Gasteiger partial charge >= 0.3 is 5.97 Å². The van der Waals surface area contributed by atoms with E-state index in [9.17, 15) is 14.4 Å². The first-order valence-electron chi connectivity index (χ1n) is 7.83. The Morgan fingerprint density at radius 3 is 2.60 bits per heavy atom. The molecule has 0 unspecified atom stereocenters. The minimum absolute atomic E-state index is 0.248. The largest absolute Gasteiger partial charge is 0.451 e. The third kappa shape index (κ3) is 4.90. The van der Waals surface area contributed by atoms with Crippen molar-refractivity contribution >= 4 is 34.8 Å². The summed E-state index contributed by atoms with van der Waals surface area (Å²) >= 11 is 1.36. The maximum atomic E-state index is 12.0. The average molecular weight is 360 g/mol. The number of ether oxygens (including phenoxy) is 1. The van der Waals surface area contributed by atoms with Gasteiger partial charge in [0.25, 0.3) is 11.8 Å². The molecule has 0 saturated heterocycles. The molecular formula is C18H20N2O4S. The molecule has 1 aromatic heterocycles. The highest BCUT2D eigenvalue weighted by molar-refractivity contribution is 7.14. The van der Waals surface area contributed by atoms with Crippen LogP contribution in [0.3, 0.4) is 0 Å². The molecule has 0 aliphatic heterocycles. The molecule has 0 fully saturated rings. The number of benzene rings is 1. The van der Waals surface area contributed by atoms with E-state index in [2.05, 4.69) is 10.6 Å². The number of hydrogen-bond acceptors (Lipinski definition) is 5. The van der Waals surface area contributed by atoms with Gasteiger partial charge in [-0.2, -0.15) is 0 Å². The highest BCUT2D eigenvalue weighted by Crippen LogP contribution is 2.22. The highest BCUT2D eigenvalue weighted by Gasteiger charge is 2.15. The van der Waals surface area contributed by atoms with Crippen molar-refractivity contribution in [2.24, 2.45) is 0 Å². The van der Waals surface area contributed by atoms with E-state index < -0.39 is 11.9 Å². The topological polar surface area (TPSA) is 84.5 Å². The molecule has 0 saturated carbocycles. The normalized spacial score (nSPS) is 10.2. The summed E-state index contributed by atoms with van der Waals surface area (Å²) in [6, 6.07) is 8.30. The molecule has 0 radical (unpaired) electrons. The van der Waals surface area contributed by atoms with Gasteiger partial charge in [-0.15, -0.1) is 11.3 Å². The first-order valence-corrected chi connectivity index (χ1v) is 8.64. The molecule has 25 heavy (non-hydrogen) atoms. The van der Waals surface area contributed by atoms with Crippen molar-refractivity contribution in [2.75, 3.05) is 19.0 Å². The Hall–Kier alpha value is -2.67. The van der Waals surface area contributed by atoms with E-state index in [-0.39, 0.29) is 12.5 Å². The van der Waals surface area contributed by atoms with Gasteiger partial charge in [0, 0.05) is 23.2 Å². The van der Waals surface area contributed by atoms with E-state index in [1.165, 1.54) is 18.4 Å². The van der Waals surface area contributed by atoms with Crippen LogP contribution in [0.25, 0.3) is 0 Å². The molecule has 2 amide bonds. The lowest BCUT2D eigenvalue weighted by atomic mass is 10.2. The number of carbonyl (C=O) groups is 3. The molecule has 0 aliphatic rings. The number of rotatable bonds is 6. The standard InChI is InChI=1S/C18H20N2O4S/c1-4-12-9-15(25-11(12)2)18(23)24-10-16(21)20-14-7-5-6-13(8-14)17(22)19-3/h5-9H,4,10H2,1-3H3,(H,19,22)(H,20,21). The quantitative estimate of drug-likeness (QED) is 0.776. The van der Waals surface area contributed by atoms with E-state index in [1.807, 2.05) is 13.8 Å². The van der Waals surface area contributed by atoms with Crippen molar-refractivity contribution in [3.63, 3.8) is 0 Å². The van der Waals surface area contributed by atoms with Crippen molar-refractivity contribution in [3.05, 3.63) is 51.2 Å². The van der Waals surface area contributed by atoms with E-state index in [4.69, 9.17) is 4.74 Å². The van der Waals surface area contributed by atoms with Gasteiger partial charge in [0.2, 0.25) is 0 Å². The number of nitrogens with one attached hydrogen (secondary N) is 2. The Morgan fingerprint density at radius 1 is 1.20 bits per heavy atom. The second kappa shape index (κ2) is 8.43. The summed E-state index contributed by atoms with van der Waals surface area (Å²) in [6.07, 6.45) is 0.845. The average Bonchev–Trinajstić information content (AvgIpc) is 3.00. The molecule has 1 heterocycles. The summed E-state index contributed by atoms with van der Waals surface area (Å²) in [4.78, 5) is 37.1. The maximum absolute atomic E-state index is 12.0. The van der Waals surface area contributed by atoms with Crippen LogP contribution in [-0.2, 0) is 16.0 Å². The molecule has 2 aromatic rings. The third-order valence-corrected chi connectivity index (χ3v) is 4.65. The Bertz CT molecular complexity index is 798. The van der Waals surface area contributed by atoms with Gasteiger partial charge in [-0.1, -0.05) is 13.0 Å². The molecule has 2 N–H and O–H groups in total. The number of anilines is 1. The van der Waals surface area contributed by atoms with Gasteiger partial charge in [0.15, 0.2) is 6.61 Å². The second-order valence-electron chi connectivity index (χ2n) is 5.33. The summed E-state index contributed by atoms with van der Waals surface area (Å²) in [5.41, 5.74) is 1.99. The van der Waals surface area contributed by atoms with Crippen LogP contribution in [0.5, 0.6) is 0 Å². The molecule has 0 atom stereocenters. The Balaban J connectivity index is 1.92. The fourth-order valence-electron chi connectivity index (χ4n) is 2.25. The Labute approximate surface area is 150 Å². The van der Waals surface area contributed by atoms with Gasteiger partial charge in [-0.05, 0) is 43.2 Å². The first-order chi connectivity index (χ1) is 11.9. The second-order valence-corrected chi connectivity index (χ2v) is 6.59. The fourth-order valence-corrected chi connectivity index (χ4v) is 3.26. The maximum Gasteiger partial charge on any atom is 0.348 e. The minimum Gasteiger partial charge on any atom is -0.451 e. The monoisotopic (exact) mass is 360 g/mol. The Morgan fingerprint density at radius 2 is 1.96 bits per heavy atom. The number of hydrogen-bond donors (Lipinski definition) is 2. The number of esters is 1. The van der Waals surface area contributed by atoms with Gasteiger partial charge in [-0.3, -0.25) is 9.59 Å². The van der Waals surface area contributed by atoms with Crippen LogP contribution in [0.2, 0.25) is 0 Å². The molecule has 0 aliphatic carbocycles. The summed E-state index contributed by atoms with van der Waals surface area (Å²) in [6.45, 7) is 3.58. The zero-order chi connectivity index (χ0) is 18.4. The number of aryl methyl sites for hydroxylation is 2. The van der Waals surface area contributed by atoms with Crippen molar-refractivity contribution in [1.29, 1.82) is 0 Å². The van der Waals surface area contributed by atoms with Crippen molar-refractivity contribution < 1.29 is 19.1 Å². The fraction of sp³-hybridized carbons (Fsp3) is 0.278. The molecule has 1 aromatic carbocycles. The first kappa shape index (κ1) is 18.7. The summed E-state index contributed by atoms with van der Waals surface area (Å²) in [5, 5.41) is 5.11. The van der Waals surface area contributed by atoms with Crippen LogP contribution >= 0.6 is 11.3 Å². The SMILES string of the molecule is CCc1cc(C(=O)OCC(=O)Nc2cccc(C(=O)NC)c2)sc1C. The predicted octanol–water partition coefficient (Wildman–Crippen LogP) is 2.77. The lowest BCUT2D eigenvalue weighted by Gasteiger charge is -2.07. The van der Waals surface area contributed by atoms with Crippen molar-refractivity contribution in [2.45, 2.75) is 20.3 Å². The Kier molecular flexibility index (Phi) is 6.30. The van der Waals surface area contributed by atoms with Gasteiger partial charge in [0.05, 0.1) is 0 Å². The molecule has 6 nitrogen and oxygen atoms in total. The van der Waals surface area contributed by atoms with Crippen molar-refractivity contribution in [3.8, 4) is 0 Å².